The minimum Gasteiger partial charge on any atom is -0.391 e. The van der Waals surface area contributed by atoms with E-state index in [1.165, 1.54) is 11.5 Å². The van der Waals surface area contributed by atoms with Gasteiger partial charge in [-0.1, -0.05) is 0 Å². The molecule has 1 atom stereocenters. The maximum atomic E-state index is 9.81. The maximum absolute atomic E-state index is 9.81. The molecule has 6 heteroatoms. The number of β-amino-alcohol motifs (C(OH)–C–C–N with tert-alkyl or cyclic N) is 1. The average Bonchev–Trinajstić information content (AvgIpc) is 2.82. The lowest BCUT2D eigenvalue weighted by Gasteiger charge is -2.31. The molecule has 0 spiro atoms. The van der Waals surface area contributed by atoms with E-state index in [2.05, 4.69) is 14.3 Å². The third-order valence-electron chi connectivity index (χ3n) is 3.35. The highest BCUT2D eigenvalue weighted by Crippen LogP contribution is 2.39. The normalized spacial score (nSPS) is 19.6. The first kappa shape index (κ1) is 12.4. The van der Waals surface area contributed by atoms with Crippen LogP contribution in [0.2, 0.25) is 0 Å². The molecule has 1 aliphatic heterocycles. The van der Waals surface area contributed by atoms with Crippen LogP contribution in [0.3, 0.4) is 0 Å². The van der Waals surface area contributed by atoms with Crippen molar-refractivity contribution in [2.24, 2.45) is 0 Å². The van der Waals surface area contributed by atoms with Crippen molar-refractivity contribution >= 4 is 22.4 Å². The Hall–Kier alpha value is -1.66. The Morgan fingerprint density at radius 3 is 2.89 bits per heavy atom. The number of nitrogens with zero attached hydrogens (tertiary/aromatic N) is 3. The molecule has 0 aromatic carbocycles. The van der Waals surface area contributed by atoms with Crippen molar-refractivity contribution in [3.63, 3.8) is 0 Å². The molecule has 100 valence electrons. The second kappa shape index (κ2) is 5.14. The number of pyridine rings is 1. The molecular weight excluding hydrogens is 260 g/mol. The zero-order valence-corrected chi connectivity index (χ0v) is 11.3. The van der Waals surface area contributed by atoms with Crippen LogP contribution in [0.5, 0.6) is 0 Å². The predicted octanol–water partition coefficient (Wildman–Crippen LogP) is 1.75. The molecular formula is C13H16N4OS. The van der Waals surface area contributed by atoms with Crippen LogP contribution in [0.15, 0.2) is 24.5 Å². The summed E-state index contributed by atoms with van der Waals surface area (Å²) in [5.74, 6) is 0.547. The Bertz CT molecular complexity index is 557. The summed E-state index contributed by atoms with van der Waals surface area (Å²) in [6.45, 7) is 1.59. The molecule has 0 amide bonds. The topological polar surface area (TPSA) is 75.3 Å². The van der Waals surface area contributed by atoms with Gasteiger partial charge in [-0.05, 0) is 42.1 Å². The summed E-state index contributed by atoms with van der Waals surface area (Å²) in [7, 11) is 0. The smallest absolute Gasteiger partial charge is 0.147 e. The first-order valence-electron chi connectivity index (χ1n) is 6.34. The zero-order chi connectivity index (χ0) is 13.2. The highest BCUT2D eigenvalue weighted by molar-refractivity contribution is 7.11. The molecule has 0 aliphatic carbocycles. The Kier molecular flexibility index (Phi) is 3.35. The van der Waals surface area contributed by atoms with E-state index in [-0.39, 0.29) is 6.10 Å². The third-order valence-corrected chi connectivity index (χ3v) is 4.28. The molecule has 3 rings (SSSR count). The van der Waals surface area contributed by atoms with E-state index in [1.807, 2.05) is 12.1 Å². The fourth-order valence-electron chi connectivity index (χ4n) is 2.44. The van der Waals surface area contributed by atoms with Crippen LogP contribution in [0, 0.1) is 0 Å². The standard InChI is InChI=1S/C13H16N4OS/c14-12-11(9-3-5-15-6-4-9)13(19-16-12)17-7-1-2-10(18)8-17/h3-6,10,18H,1-2,7-8H2,(H2,14,16). The van der Waals surface area contributed by atoms with Crippen LogP contribution in [0.4, 0.5) is 10.8 Å². The first-order chi connectivity index (χ1) is 9.25. The second-order valence-corrected chi connectivity index (χ2v) is 5.48. The minimum atomic E-state index is -0.262. The third kappa shape index (κ3) is 2.41. The minimum absolute atomic E-state index is 0.262. The van der Waals surface area contributed by atoms with Crippen molar-refractivity contribution in [3.8, 4) is 11.1 Å². The highest BCUT2D eigenvalue weighted by Gasteiger charge is 2.24. The molecule has 3 heterocycles. The fourth-order valence-corrected chi connectivity index (χ4v) is 3.31. The molecule has 2 aromatic heterocycles. The number of piperidine rings is 1. The molecule has 2 aromatic rings. The van der Waals surface area contributed by atoms with Gasteiger partial charge in [0.15, 0.2) is 0 Å². The summed E-state index contributed by atoms with van der Waals surface area (Å²) >= 11 is 1.40. The van der Waals surface area contributed by atoms with Crippen molar-refractivity contribution in [1.82, 2.24) is 9.36 Å². The quantitative estimate of drug-likeness (QED) is 0.874. The number of hydrogen-bond donors (Lipinski definition) is 2. The van der Waals surface area contributed by atoms with Crippen LogP contribution in [-0.4, -0.2) is 33.7 Å². The van der Waals surface area contributed by atoms with Gasteiger partial charge >= 0.3 is 0 Å². The fraction of sp³-hybridized carbons (Fsp3) is 0.385. The molecule has 1 aliphatic rings. The van der Waals surface area contributed by atoms with Gasteiger partial charge in [0.25, 0.3) is 0 Å². The molecule has 5 nitrogen and oxygen atoms in total. The number of aromatic nitrogens is 2. The molecule has 3 N–H and O–H groups in total. The SMILES string of the molecule is Nc1nsc(N2CCCC(O)C2)c1-c1ccncc1. The Balaban J connectivity index is 1.99. The highest BCUT2D eigenvalue weighted by atomic mass is 32.1. The number of nitrogens with two attached hydrogens (primary N) is 1. The van der Waals surface area contributed by atoms with Gasteiger partial charge in [0.2, 0.25) is 0 Å². The van der Waals surface area contributed by atoms with Gasteiger partial charge in [0, 0.05) is 25.5 Å². The van der Waals surface area contributed by atoms with E-state index >= 15 is 0 Å². The number of aliphatic hydroxyl groups is 1. The first-order valence-corrected chi connectivity index (χ1v) is 7.11. The van der Waals surface area contributed by atoms with Gasteiger partial charge in [0.05, 0.1) is 11.7 Å². The van der Waals surface area contributed by atoms with Gasteiger partial charge in [-0.3, -0.25) is 4.98 Å². The second-order valence-electron chi connectivity index (χ2n) is 4.73. The van der Waals surface area contributed by atoms with Gasteiger partial charge in [-0.15, -0.1) is 0 Å². The number of hydrogen-bond acceptors (Lipinski definition) is 6. The van der Waals surface area contributed by atoms with Crippen LogP contribution in [0.1, 0.15) is 12.8 Å². The van der Waals surface area contributed by atoms with Crippen molar-refractivity contribution in [2.45, 2.75) is 18.9 Å². The molecule has 1 fully saturated rings. The number of anilines is 2. The molecule has 19 heavy (non-hydrogen) atoms. The van der Waals surface area contributed by atoms with Crippen molar-refractivity contribution in [2.75, 3.05) is 23.7 Å². The van der Waals surface area contributed by atoms with Crippen molar-refractivity contribution < 1.29 is 5.11 Å². The van der Waals surface area contributed by atoms with Gasteiger partial charge < -0.3 is 15.7 Å². The van der Waals surface area contributed by atoms with Gasteiger partial charge in [-0.2, -0.15) is 4.37 Å². The molecule has 1 unspecified atom stereocenters. The van der Waals surface area contributed by atoms with Crippen LogP contribution in [0.25, 0.3) is 11.1 Å². The molecule has 1 saturated heterocycles. The summed E-state index contributed by atoms with van der Waals surface area (Å²) in [5, 5.41) is 10.9. The van der Waals surface area contributed by atoms with E-state index in [0.29, 0.717) is 12.4 Å². The zero-order valence-electron chi connectivity index (χ0n) is 10.5. The van der Waals surface area contributed by atoms with Crippen LogP contribution < -0.4 is 10.6 Å². The summed E-state index contributed by atoms with van der Waals surface area (Å²) < 4.78 is 4.27. The van der Waals surface area contributed by atoms with Gasteiger partial charge in [-0.25, -0.2) is 0 Å². The predicted molar refractivity (Wildman–Crippen MR) is 77.2 cm³/mol. The molecule has 0 bridgehead atoms. The molecule has 0 radical (unpaired) electrons. The Morgan fingerprint density at radius 2 is 2.16 bits per heavy atom. The number of rotatable bonds is 2. The maximum Gasteiger partial charge on any atom is 0.147 e. The summed E-state index contributed by atoms with van der Waals surface area (Å²) in [6, 6.07) is 3.87. The Labute approximate surface area is 115 Å². The lowest BCUT2D eigenvalue weighted by atomic mass is 10.1. The average molecular weight is 276 g/mol. The number of aliphatic hydroxyl groups excluding tert-OH is 1. The summed E-state index contributed by atoms with van der Waals surface area (Å²) in [6.07, 6.45) is 5.11. The van der Waals surface area contributed by atoms with E-state index in [1.54, 1.807) is 12.4 Å². The van der Waals surface area contributed by atoms with E-state index in [9.17, 15) is 5.11 Å². The van der Waals surface area contributed by atoms with Gasteiger partial charge in [0.1, 0.15) is 10.8 Å². The Morgan fingerprint density at radius 1 is 1.37 bits per heavy atom. The van der Waals surface area contributed by atoms with Crippen molar-refractivity contribution in [3.05, 3.63) is 24.5 Å². The number of nitrogen functional groups attached to an aromatic ring is 1. The lowest BCUT2D eigenvalue weighted by Crippen LogP contribution is -2.38. The van der Waals surface area contributed by atoms with E-state index < -0.39 is 0 Å². The lowest BCUT2D eigenvalue weighted by molar-refractivity contribution is 0.154. The summed E-state index contributed by atoms with van der Waals surface area (Å²) in [5.41, 5.74) is 7.99. The van der Waals surface area contributed by atoms with E-state index in [0.717, 1.165) is 35.5 Å². The molecule has 0 saturated carbocycles. The van der Waals surface area contributed by atoms with Crippen molar-refractivity contribution in [1.29, 1.82) is 0 Å². The van der Waals surface area contributed by atoms with Crippen LogP contribution >= 0.6 is 11.5 Å². The largest absolute Gasteiger partial charge is 0.391 e. The van der Waals surface area contributed by atoms with E-state index in [4.69, 9.17) is 5.73 Å². The van der Waals surface area contributed by atoms with Crippen LogP contribution in [-0.2, 0) is 0 Å². The summed E-state index contributed by atoms with van der Waals surface area (Å²) in [4.78, 5) is 6.21. The monoisotopic (exact) mass is 276 g/mol.